The summed E-state index contributed by atoms with van der Waals surface area (Å²) in [7, 11) is -4.13. The van der Waals surface area contributed by atoms with Crippen LogP contribution in [0.4, 0.5) is 10.1 Å². The molecule has 0 amide bonds. The van der Waals surface area contributed by atoms with Crippen LogP contribution in [0, 0.1) is 21.3 Å². The SMILES string of the molecule is CC(C)(C)C(=O)CNS(=O)(=O)c1ccc(F)c([N+](=O)[O-])c1. The molecular weight excluding hydrogens is 303 g/mol. The van der Waals surface area contributed by atoms with Crippen molar-refractivity contribution in [3.05, 3.63) is 34.1 Å². The van der Waals surface area contributed by atoms with E-state index in [2.05, 4.69) is 0 Å². The Hall–Kier alpha value is -1.87. The average Bonchev–Trinajstić information content (AvgIpc) is 2.34. The quantitative estimate of drug-likeness (QED) is 0.656. The van der Waals surface area contributed by atoms with Gasteiger partial charge < -0.3 is 0 Å². The highest BCUT2D eigenvalue weighted by atomic mass is 32.2. The first kappa shape index (κ1) is 17.2. The maximum absolute atomic E-state index is 13.2. The van der Waals surface area contributed by atoms with Crippen LogP contribution in [-0.2, 0) is 14.8 Å². The fourth-order valence-electron chi connectivity index (χ4n) is 1.31. The van der Waals surface area contributed by atoms with Gasteiger partial charge in [-0.2, -0.15) is 4.39 Å². The highest BCUT2D eigenvalue weighted by Crippen LogP contribution is 2.21. The number of carbonyl (C=O) groups is 1. The minimum absolute atomic E-state index is 0.345. The van der Waals surface area contributed by atoms with Gasteiger partial charge in [0.2, 0.25) is 15.8 Å². The van der Waals surface area contributed by atoms with E-state index < -0.39 is 43.3 Å². The normalized spacial score (nSPS) is 12.2. The lowest BCUT2D eigenvalue weighted by molar-refractivity contribution is -0.387. The molecule has 0 fully saturated rings. The summed E-state index contributed by atoms with van der Waals surface area (Å²) in [6.45, 7) is 4.45. The number of rotatable bonds is 5. The standard InChI is InChI=1S/C12H15FN2O5S/c1-12(2,3)11(16)7-14-21(19,20)8-4-5-9(13)10(6-8)15(17)18/h4-6,14H,7H2,1-3H3. The molecule has 0 aliphatic heterocycles. The van der Waals surface area contributed by atoms with Crippen molar-refractivity contribution in [2.24, 2.45) is 5.41 Å². The Morgan fingerprint density at radius 1 is 1.38 bits per heavy atom. The third-order valence-electron chi connectivity index (χ3n) is 2.68. The molecule has 0 saturated heterocycles. The van der Waals surface area contributed by atoms with E-state index in [0.29, 0.717) is 12.1 Å². The van der Waals surface area contributed by atoms with Crippen LogP contribution < -0.4 is 4.72 Å². The van der Waals surface area contributed by atoms with Crippen molar-refractivity contribution in [1.82, 2.24) is 4.72 Å². The first-order valence-corrected chi connectivity index (χ1v) is 7.40. The van der Waals surface area contributed by atoms with E-state index >= 15 is 0 Å². The van der Waals surface area contributed by atoms with Gasteiger partial charge in [0, 0.05) is 11.5 Å². The monoisotopic (exact) mass is 318 g/mol. The predicted molar refractivity (Wildman–Crippen MR) is 72.7 cm³/mol. The van der Waals surface area contributed by atoms with Crippen LogP contribution in [0.2, 0.25) is 0 Å². The maximum Gasteiger partial charge on any atom is 0.306 e. The van der Waals surface area contributed by atoms with Crippen LogP contribution >= 0.6 is 0 Å². The fourth-order valence-corrected chi connectivity index (χ4v) is 2.31. The van der Waals surface area contributed by atoms with Gasteiger partial charge in [0.1, 0.15) is 0 Å². The molecule has 1 aromatic rings. The van der Waals surface area contributed by atoms with E-state index in [4.69, 9.17) is 0 Å². The number of halogens is 1. The molecule has 0 heterocycles. The second kappa shape index (κ2) is 5.86. The van der Waals surface area contributed by atoms with Gasteiger partial charge in [0.25, 0.3) is 0 Å². The van der Waals surface area contributed by atoms with Crippen molar-refractivity contribution in [3.8, 4) is 0 Å². The lowest BCUT2D eigenvalue weighted by Crippen LogP contribution is -2.35. The van der Waals surface area contributed by atoms with Gasteiger partial charge in [-0.3, -0.25) is 14.9 Å². The average molecular weight is 318 g/mol. The smallest absolute Gasteiger partial charge is 0.298 e. The Balaban J connectivity index is 3.02. The Labute approximate surface area is 121 Å². The number of Topliss-reactive ketones (excluding diaryl/α,β-unsaturated/α-hetero) is 1. The summed E-state index contributed by atoms with van der Waals surface area (Å²) in [4.78, 5) is 20.8. The minimum atomic E-state index is -4.13. The third kappa shape index (κ3) is 4.30. The molecule has 9 heteroatoms. The maximum atomic E-state index is 13.2. The van der Waals surface area contributed by atoms with E-state index in [0.717, 1.165) is 6.07 Å². The molecule has 0 aliphatic carbocycles. The van der Waals surface area contributed by atoms with E-state index in [1.165, 1.54) is 0 Å². The van der Waals surface area contributed by atoms with Crippen molar-refractivity contribution in [2.75, 3.05) is 6.54 Å². The molecular formula is C12H15FN2O5S. The largest absolute Gasteiger partial charge is 0.306 e. The van der Waals surface area contributed by atoms with E-state index in [9.17, 15) is 27.7 Å². The summed E-state index contributed by atoms with van der Waals surface area (Å²) in [6.07, 6.45) is 0. The van der Waals surface area contributed by atoms with E-state index in [-0.39, 0.29) is 5.78 Å². The van der Waals surface area contributed by atoms with Crippen LogP contribution in [0.1, 0.15) is 20.8 Å². The molecule has 0 aliphatic rings. The highest BCUT2D eigenvalue weighted by Gasteiger charge is 2.25. The van der Waals surface area contributed by atoms with Crippen LogP contribution in [0.5, 0.6) is 0 Å². The second-order valence-corrected chi connectivity index (χ2v) is 7.14. The molecule has 1 N–H and O–H groups in total. The van der Waals surface area contributed by atoms with Gasteiger partial charge in [-0.1, -0.05) is 20.8 Å². The zero-order valence-corrected chi connectivity index (χ0v) is 12.5. The van der Waals surface area contributed by atoms with Gasteiger partial charge in [-0.05, 0) is 12.1 Å². The lowest BCUT2D eigenvalue weighted by atomic mass is 9.91. The molecule has 21 heavy (non-hydrogen) atoms. The van der Waals surface area contributed by atoms with Gasteiger partial charge in [0.05, 0.1) is 16.4 Å². The molecule has 1 rings (SSSR count). The molecule has 0 unspecified atom stereocenters. The van der Waals surface area contributed by atoms with Crippen molar-refractivity contribution in [2.45, 2.75) is 25.7 Å². The summed E-state index contributed by atoms with van der Waals surface area (Å²) in [5.41, 5.74) is -1.67. The number of benzene rings is 1. The molecule has 116 valence electrons. The van der Waals surface area contributed by atoms with E-state index in [1.807, 2.05) is 4.72 Å². The first-order chi connectivity index (χ1) is 9.45. The van der Waals surface area contributed by atoms with Gasteiger partial charge >= 0.3 is 5.69 Å². The van der Waals surface area contributed by atoms with Gasteiger partial charge in [-0.15, -0.1) is 0 Å². The Morgan fingerprint density at radius 2 is 1.95 bits per heavy atom. The summed E-state index contributed by atoms with van der Waals surface area (Å²) in [5.74, 6) is -1.48. The highest BCUT2D eigenvalue weighted by molar-refractivity contribution is 7.89. The number of hydrogen-bond acceptors (Lipinski definition) is 5. The first-order valence-electron chi connectivity index (χ1n) is 5.92. The molecule has 0 spiro atoms. The van der Waals surface area contributed by atoms with Crippen molar-refractivity contribution in [3.63, 3.8) is 0 Å². The fraction of sp³-hybridized carbons (Fsp3) is 0.417. The minimum Gasteiger partial charge on any atom is -0.298 e. The van der Waals surface area contributed by atoms with Gasteiger partial charge in [0.15, 0.2) is 5.78 Å². The number of nitro groups is 1. The van der Waals surface area contributed by atoms with Crippen molar-refractivity contribution in [1.29, 1.82) is 0 Å². The summed E-state index contributed by atoms with van der Waals surface area (Å²) in [6, 6.07) is 2.20. The zero-order valence-electron chi connectivity index (χ0n) is 11.7. The number of nitrogens with zero attached hydrogens (tertiary/aromatic N) is 1. The van der Waals surface area contributed by atoms with Crippen molar-refractivity contribution >= 4 is 21.5 Å². The lowest BCUT2D eigenvalue weighted by Gasteiger charge is -2.16. The van der Waals surface area contributed by atoms with E-state index in [1.54, 1.807) is 20.8 Å². The van der Waals surface area contributed by atoms with Crippen LogP contribution in [0.3, 0.4) is 0 Å². The molecule has 0 bridgehead atoms. The molecule has 7 nitrogen and oxygen atoms in total. The topological polar surface area (TPSA) is 106 Å². The van der Waals surface area contributed by atoms with Crippen LogP contribution in [0.15, 0.2) is 23.1 Å². The number of ketones is 1. The molecule has 1 aromatic carbocycles. The third-order valence-corrected chi connectivity index (χ3v) is 4.08. The number of sulfonamides is 1. The molecule has 0 aromatic heterocycles. The Bertz CT molecular complexity index is 679. The summed E-state index contributed by atoms with van der Waals surface area (Å²) < 4.78 is 39.1. The summed E-state index contributed by atoms with van der Waals surface area (Å²) in [5, 5.41) is 10.6. The number of hydrogen-bond donors (Lipinski definition) is 1. The molecule has 0 atom stereocenters. The number of nitrogens with one attached hydrogen (secondary N) is 1. The zero-order chi connectivity index (χ0) is 16.4. The van der Waals surface area contributed by atoms with Crippen LogP contribution in [-0.4, -0.2) is 25.7 Å². The number of carbonyl (C=O) groups excluding carboxylic acids is 1. The van der Waals surface area contributed by atoms with Crippen molar-refractivity contribution < 1.29 is 22.5 Å². The second-order valence-electron chi connectivity index (χ2n) is 5.37. The molecule has 0 radical (unpaired) electrons. The number of nitro benzene ring substituents is 1. The van der Waals surface area contributed by atoms with Gasteiger partial charge in [-0.25, -0.2) is 13.1 Å². The Morgan fingerprint density at radius 3 is 2.43 bits per heavy atom. The van der Waals surface area contributed by atoms with Crippen LogP contribution in [0.25, 0.3) is 0 Å². The predicted octanol–water partition coefficient (Wildman–Crippen LogP) is 1.63. The summed E-state index contributed by atoms with van der Waals surface area (Å²) >= 11 is 0. The Kier molecular flexibility index (Phi) is 4.79. The molecule has 0 saturated carbocycles.